The van der Waals surface area contributed by atoms with Crippen molar-refractivity contribution in [3.05, 3.63) is 59.4 Å². The number of carbonyl (C=O) groups excluding carboxylic acids is 1. The summed E-state index contributed by atoms with van der Waals surface area (Å²) in [5.41, 5.74) is 2.10. The summed E-state index contributed by atoms with van der Waals surface area (Å²) in [6, 6.07) is 11.5. The second-order valence-corrected chi connectivity index (χ2v) is 9.39. The Morgan fingerprint density at radius 1 is 1.07 bits per heavy atom. The maximum absolute atomic E-state index is 12.7. The molecule has 9 heteroatoms. The number of amides is 1. The van der Waals surface area contributed by atoms with Crippen molar-refractivity contribution in [3.63, 3.8) is 0 Å². The Morgan fingerprint density at radius 2 is 1.79 bits per heavy atom. The first-order valence-electron chi connectivity index (χ1n) is 9.45. The van der Waals surface area contributed by atoms with E-state index in [1.165, 1.54) is 10.9 Å². The van der Waals surface area contributed by atoms with Gasteiger partial charge in [0, 0.05) is 24.7 Å². The molecule has 1 fully saturated rings. The molecule has 7 nitrogen and oxygen atoms in total. The number of hydrogen-bond donors (Lipinski definition) is 1. The number of benzene rings is 2. The van der Waals surface area contributed by atoms with E-state index < -0.39 is 10.0 Å². The van der Waals surface area contributed by atoms with E-state index in [9.17, 15) is 13.2 Å². The van der Waals surface area contributed by atoms with E-state index in [0.717, 1.165) is 24.8 Å². The largest absolute Gasteiger partial charge is 0.333 e. The predicted octanol–water partition coefficient (Wildman–Crippen LogP) is 3.62. The Balaban J connectivity index is 1.43. The second-order valence-electron chi connectivity index (χ2n) is 7.02. The van der Waals surface area contributed by atoms with E-state index in [-0.39, 0.29) is 17.5 Å². The smallest absolute Gasteiger partial charge is 0.327 e. The number of halogens is 1. The van der Waals surface area contributed by atoms with Crippen LogP contribution in [0.5, 0.6) is 0 Å². The Bertz CT molecular complexity index is 1140. The van der Waals surface area contributed by atoms with Gasteiger partial charge in [0.2, 0.25) is 10.0 Å². The van der Waals surface area contributed by atoms with Gasteiger partial charge in [0.15, 0.2) is 0 Å². The van der Waals surface area contributed by atoms with Crippen LogP contribution in [0.3, 0.4) is 0 Å². The monoisotopic (exact) mass is 432 g/mol. The quantitative estimate of drug-likeness (QED) is 0.682. The normalized spacial score (nSPS) is 15.5. The highest BCUT2D eigenvalue weighted by atomic mass is 35.5. The highest BCUT2D eigenvalue weighted by molar-refractivity contribution is 7.89. The van der Waals surface area contributed by atoms with Crippen molar-refractivity contribution in [1.82, 2.24) is 19.2 Å². The van der Waals surface area contributed by atoms with Gasteiger partial charge in [0.05, 0.1) is 15.9 Å². The van der Waals surface area contributed by atoms with E-state index in [1.54, 1.807) is 46.8 Å². The van der Waals surface area contributed by atoms with Crippen LogP contribution in [0.25, 0.3) is 11.0 Å². The molecule has 0 bridgehead atoms. The number of aromatic nitrogens is 2. The van der Waals surface area contributed by atoms with Gasteiger partial charge in [-0.1, -0.05) is 30.2 Å². The number of imidazole rings is 1. The van der Waals surface area contributed by atoms with Crippen LogP contribution in [-0.2, 0) is 16.6 Å². The number of rotatable bonds is 4. The van der Waals surface area contributed by atoms with Gasteiger partial charge in [-0.3, -0.25) is 4.57 Å². The second kappa shape index (κ2) is 8.14. The summed E-state index contributed by atoms with van der Waals surface area (Å²) in [5, 5.41) is 3.34. The molecule has 1 amide bonds. The van der Waals surface area contributed by atoms with Crippen molar-refractivity contribution in [2.75, 3.05) is 13.1 Å². The van der Waals surface area contributed by atoms with E-state index in [1.807, 2.05) is 0 Å². The minimum Gasteiger partial charge on any atom is -0.333 e. The molecule has 1 aromatic heterocycles. The zero-order chi connectivity index (χ0) is 20.4. The van der Waals surface area contributed by atoms with Crippen LogP contribution in [0.15, 0.2) is 53.7 Å². The molecular weight excluding hydrogens is 412 g/mol. The first-order valence-corrected chi connectivity index (χ1v) is 11.3. The van der Waals surface area contributed by atoms with E-state index >= 15 is 0 Å². The molecule has 0 radical (unpaired) electrons. The van der Waals surface area contributed by atoms with Crippen molar-refractivity contribution in [2.45, 2.75) is 30.7 Å². The lowest BCUT2D eigenvalue weighted by atomic mass is 10.2. The maximum atomic E-state index is 12.7. The van der Waals surface area contributed by atoms with Crippen molar-refractivity contribution in [2.24, 2.45) is 0 Å². The molecule has 29 heavy (non-hydrogen) atoms. The van der Waals surface area contributed by atoms with Gasteiger partial charge < -0.3 is 5.32 Å². The van der Waals surface area contributed by atoms with Crippen molar-refractivity contribution in [1.29, 1.82) is 0 Å². The lowest BCUT2D eigenvalue weighted by molar-refractivity contribution is 0.242. The Hall–Kier alpha value is -2.42. The third-order valence-electron chi connectivity index (χ3n) is 5.05. The fourth-order valence-corrected chi connectivity index (χ4v) is 5.12. The third kappa shape index (κ3) is 4.14. The van der Waals surface area contributed by atoms with Crippen LogP contribution >= 0.6 is 11.6 Å². The number of nitrogens with one attached hydrogen (secondary N) is 1. The lowest BCUT2D eigenvalue weighted by Gasteiger charge is -2.25. The molecule has 0 unspecified atom stereocenters. The van der Waals surface area contributed by atoms with Crippen LogP contribution in [0, 0.1) is 0 Å². The number of nitrogens with zero attached hydrogens (tertiary/aromatic N) is 3. The van der Waals surface area contributed by atoms with Crippen LogP contribution in [0.1, 0.15) is 24.8 Å². The first kappa shape index (κ1) is 19.9. The molecule has 1 aliphatic heterocycles. The molecule has 1 N–H and O–H groups in total. The Kier molecular flexibility index (Phi) is 5.58. The van der Waals surface area contributed by atoms with Crippen molar-refractivity contribution < 1.29 is 13.2 Å². The maximum Gasteiger partial charge on any atom is 0.327 e. The highest BCUT2D eigenvalue weighted by Gasteiger charge is 2.25. The molecule has 0 aliphatic carbocycles. The Labute approximate surface area is 174 Å². The summed E-state index contributed by atoms with van der Waals surface area (Å²) in [5.74, 6) is 0. The predicted molar refractivity (Wildman–Crippen MR) is 111 cm³/mol. The Morgan fingerprint density at radius 3 is 2.52 bits per heavy atom. The average Bonchev–Trinajstić information content (AvgIpc) is 3.16. The average molecular weight is 433 g/mol. The fraction of sp³-hybridized carbons (Fsp3) is 0.300. The van der Waals surface area contributed by atoms with Gasteiger partial charge in [0.1, 0.15) is 6.33 Å². The van der Waals surface area contributed by atoms with E-state index in [2.05, 4.69) is 10.3 Å². The highest BCUT2D eigenvalue weighted by Crippen LogP contribution is 2.21. The number of piperidine rings is 1. The van der Waals surface area contributed by atoms with Crippen LogP contribution < -0.4 is 5.32 Å². The van der Waals surface area contributed by atoms with Crippen LogP contribution in [-0.4, -0.2) is 41.4 Å². The molecule has 2 aromatic carbocycles. The first-order chi connectivity index (χ1) is 13.9. The number of sulfonamides is 1. The van der Waals surface area contributed by atoms with Crippen molar-refractivity contribution >= 4 is 38.7 Å². The summed E-state index contributed by atoms with van der Waals surface area (Å²) in [7, 11) is -3.45. The number of hydrogen-bond acceptors (Lipinski definition) is 4. The summed E-state index contributed by atoms with van der Waals surface area (Å²) < 4.78 is 28.4. The summed E-state index contributed by atoms with van der Waals surface area (Å²) >= 11 is 6.01. The third-order valence-corrected chi connectivity index (χ3v) is 7.20. The molecule has 0 saturated carbocycles. The molecule has 152 valence electrons. The van der Waals surface area contributed by atoms with Gasteiger partial charge in [-0.15, -0.1) is 0 Å². The molecule has 1 aliphatic rings. The minimum absolute atomic E-state index is 0.267. The van der Waals surface area contributed by atoms with Gasteiger partial charge in [0.25, 0.3) is 0 Å². The zero-order valence-corrected chi connectivity index (χ0v) is 17.3. The minimum atomic E-state index is -3.45. The topological polar surface area (TPSA) is 84.3 Å². The van der Waals surface area contributed by atoms with Crippen molar-refractivity contribution in [3.8, 4) is 0 Å². The van der Waals surface area contributed by atoms with Gasteiger partial charge in [-0.05, 0) is 48.7 Å². The number of fused-ring (bicyclic) bond motifs is 1. The summed E-state index contributed by atoms with van der Waals surface area (Å²) in [6.45, 7) is 1.41. The fourth-order valence-electron chi connectivity index (χ4n) is 3.44. The zero-order valence-electron chi connectivity index (χ0n) is 15.7. The molecule has 3 aromatic rings. The van der Waals surface area contributed by atoms with Gasteiger partial charge >= 0.3 is 6.03 Å². The number of carbonyl (C=O) groups is 1. The summed E-state index contributed by atoms with van der Waals surface area (Å²) in [4.78, 5) is 17.0. The molecule has 1 saturated heterocycles. The molecule has 4 rings (SSSR count). The van der Waals surface area contributed by atoms with E-state index in [0.29, 0.717) is 29.1 Å². The van der Waals surface area contributed by atoms with E-state index in [4.69, 9.17) is 11.6 Å². The molecular formula is C20H21ClN4O3S. The standard InChI is InChI=1S/C20H21ClN4O3S/c21-16-6-9-18-19(12-16)25(14-23-18)20(26)22-13-15-4-7-17(8-5-15)29(27,28)24-10-2-1-3-11-24/h4-9,12,14H,1-3,10-11,13H2,(H,22,26). The van der Waals surface area contributed by atoms with Gasteiger partial charge in [-0.2, -0.15) is 4.31 Å². The molecule has 2 heterocycles. The SMILES string of the molecule is O=C(NCc1ccc(S(=O)(=O)N2CCCCC2)cc1)n1cnc2ccc(Cl)cc21. The molecule has 0 spiro atoms. The van der Waals surface area contributed by atoms with Crippen LogP contribution in [0.2, 0.25) is 5.02 Å². The van der Waals surface area contributed by atoms with Gasteiger partial charge in [-0.25, -0.2) is 18.2 Å². The summed E-state index contributed by atoms with van der Waals surface area (Å²) in [6.07, 6.45) is 4.32. The molecule has 0 atom stereocenters. The van der Waals surface area contributed by atoms with Crippen LogP contribution in [0.4, 0.5) is 4.79 Å². The lowest BCUT2D eigenvalue weighted by Crippen LogP contribution is -2.35.